The second-order valence-electron chi connectivity index (χ2n) is 16.6. The van der Waals surface area contributed by atoms with Gasteiger partial charge in [-0.2, -0.15) is 13.2 Å². The zero-order valence-electron chi connectivity index (χ0n) is 36.2. The van der Waals surface area contributed by atoms with Crippen molar-refractivity contribution in [3.05, 3.63) is 120 Å². The van der Waals surface area contributed by atoms with Crippen LogP contribution in [0.15, 0.2) is 97.3 Å². The Hall–Kier alpha value is -7.17. The van der Waals surface area contributed by atoms with Crippen molar-refractivity contribution in [1.29, 1.82) is 0 Å². The van der Waals surface area contributed by atoms with Crippen LogP contribution in [-0.2, 0) is 25.2 Å². The number of likely N-dealkylation sites (tertiary alicyclic amines) is 2. The minimum absolute atomic E-state index is 0.0162. The molecular formula is C48H49F3N8O6. The molecule has 4 unspecified atom stereocenters. The minimum Gasteiger partial charge on any atom is -0.453 e. The summed E-state index contributed by atoms with van der Waals surface area (Å²) in [5.74, 6) is 0.355. The van der Waals surface area contributed by atoms with E-state index in [1.165, 1.54) is 24.1 Å². The zero-order valence-corrected chi connectivity index (χ0v) is 36.2. The van der Waals surface area contributed by atoms with Gasteiger partial charge in [0.1, 0.15) is 23.7 Å². The number of alkyl halides is 3. The standard InChI is InChI=1S/C48H49F3N8O6/c1-27(2)40(56-46(62)64-3)44(60)58-20-6-10-38(58)43-53-26-37(55-43)33-19-18-31-22-30(16-17-32(31)23-33)28-12-14-29(15-13-28)36-25-52-42(54-36)39-11-7-21-59(39)45(61)41(57-47(63)65-4)34-8-5-9-35(24-34)48(49,50)51/h5,8-9,12-19,22-27,38-41H,6-7,10-11,20-21H2,1-4H3,(H,52,54)(H,53,55)(H,56,62)(H,57,63). The lowest BCUT2D eigenvalue weighted by molar-refractivity contribution is -0.138. The van der Waals surface area contributed by atoms with Crippen LogP contribution >= 0.6 is 0 Å². The average Bonchev–Trinajstić information content (AvgIpc) is 4.16. The molecule has 2 aromatic heterocycles. The van der Waals surface area contributed by atoms with Gasteiger partial charge in [-0.15, -0.1) is 0 Å². The number of benzene rings is 4. The Kier molecular flexibility index (Phi) is 12.7. The van der Waals surface area contributed by atoms with Crippen LogP contribution in [0.4, 0.5) is 22.8 Å². The van der Waals surface area contributed by atoms with Crippen LogP contribution in [0.3, 0.4) is 0 Å². The maximum absolute atomic E-state index is 14.0. The van der Waals surface area contributed by atoms with Gasteiger partial charge >= 0.3 is 18.4 Å². The van der Waals surface area contributed by atoms with Gasteiger partial charge in [-0.25, -0.2) is 19.6 Å². The molecule has 2 aliphatic rings. The number of hydrogen-bond donors (Lipinski definition) is 4. The number of alkyl carbamates (subject to hydrolysis) is 2. The predicted molar refractivity (Wildman–Crippen MR) is 236 cm³/mol. The third-order valence-corrected chi connectivity index (χ3v) is 12.2. The first kappa shape index (κ1) is 44.4. The number of H-pyrrole nitrogens is 2. The Bertz CT molecular complexity index is 2710. The number of aromatic amines is 2. The van der Waals surface area contributed by atoms with Crippen LogP contribution in [-0.4, -0.2) is 87.1 Å². The van der Waals surface area contributed by atoms with E-state index >= 15 is 0 Å². The molecule has 6 aromatic rings. The molecule has 0 saturated carbocycles. The molecule has 2 fully saturated rings. The van der Waals surface area contributed by atoms with Crippen LogP contribution in [0.2, 0.25) is 0 Å². The number of carbonyl (C=O) groups is 4. The van der Waals surface area contributed by atoms with Gasteiger partial charge in [0.05, 0.1) is 55.6 Å². The number of imidazole rings is 2. The number of halogens is 3. The average molecular weight is 891 g/mol. The minimum atomic E-state index is -4.64. The molecule has 4 N–H and O–H groups in total. The van der Waals surface area contributed by atoms with Crippen molar-refractivity contribution in [1.82, 2.24) is 40.4 Å². The highest BCUT2D eigenvalue weighted by Gasteiger charge is 2.40. The van der Waals surface area contributed by atoms with Gasteiger partial charge < -0.3 is 39.9 Å². The fourth-order valence-corrected chi connectivity index (χ4v) is 8.77. The van der Waals surface area contributed by atoms with Crippen molar-refractivity contribution in [2.24, 2.45) is 5.92 Å². The zero-order chi connectivity index (χ0) is 46.0. The van der Waals surface area contributed by atoms with Crippen LogP contribution in [0, 0.1) is 5.92 Å². The summed E-state index contributed by atoms with van der Waals surface area (Å²) in [6.45, 7) is 4.67. The van der Waals surface area contributed by atoms with E-state index in [4.69, 9.17) is 14.5 Å². The molecule has 338 valence electrons. The summed E-state index contributed by atoms with van der Waals surface area (Å²) in [6.07, 6.45) is 0.0234. The molecule has 0 radical (unpaired) electrons. The van der Waals surface area contributed by atoms with E-state index in [1.807, 2.05) is 44.2 Å². The molecule has 14 nitrogen and oxygen atoms in total. The summed E-state index contributed by atoms with van der Waals surface area (Å²) >= 11 is 0. The summed E-state index contributed by atoms with van der Waals surface area (Å²) in [7, 11) is 2.39. The Morgan fingerprint density at radius 3 is 1.78 bits per heavy atom. The number of nitrogens with one attached hydrogen (secondary N) is 4. The number of hydrogen-bond acceptors (Lipinski definition) is 8. The van der Waals surface area contributed by atoms with Gasteiger partial charge in [0, 0.05) is 18.7 Å². The van der Waals surface area contributed by atoms with Crippen molar-refractivity contribution >= 4 is 34.8 Å². The number of amides is 4. The Labute approximate surface area is 372 Å². The van der Waals surface area contributed by atoms with Gasteiger partial charge in [-0.05, 0) is 88.9 Å². The van der Waals surface area contributed by atoms with Crippen molar-refractivity contribution in [3.63, 3.8) is 0 Å². The number of carbonyl (C=O) groups excluding carboxylic acids is 4. The first-order valence-corrected chi connectivity index (χ1v) is 21.4. The van der Waals surface area contributed by atoms with Gasteiger partial charge in [0.25, 0.3) is 5.91 Å². The van der Waals surface area contributed by atoms with Crippen LogP contribution in [0.5, 0.6) is 0 Å². The quantitative estimate of drug-likeness (QED) is 0.0997. The molecule has 4 atom stereocenters. The summed E-state index contributed by atoms with van der Waals surface area (Å²) < 4.78 is 50.2. The molecule has 0 aliphatic carbocycles. The maximum atomic E-state index is 14.0. The lowest BCUT2D eigenvalue weighted by Gasteiger charge is -2.30. The van der Waals surface area contributed by atoms with Crippen molar-refractivity contribution in [3.8, 4) is 33.6 Å². The molecule has 0 bridgehead atoms. The SMILES string of the molecule is COC(=O)NC(C(=O)N1CCCC1c1ncc(-c2ccc(-c3ccc4cc(-c5cnc(C6CCCN6C(=O)C(NC(=O)OC)C(C)C)[nH]5)ccc4c3)cc2)[nH]1)c1cccc(C(F)(F)F)c1. The van der Waals surface area contributed by atoms with Gasteiger partial charge in [0.2, 0.25) is 5.91 Å². The second kappa shape index (κ2) is 18.5. The summed E-state index contributed by atoms with van der Waals surface area (Å²) in [6, 6.07) is 22.0. The highest BCUT2D eigenvalue weighted by Crippen LogP contribution is 2.37. The number of ether oxygens (including phenoxy) is 2. The molecule has 2 saturated heterocycles. The Morgan fingerprint density at radius 1 is 0.677 bits per heavy atom. The van der Waals surface area contributed by atoms with E-state index in [-0.39, 0.29) is 23.4 Å². The van der Waals surface area contributed by atoms with Crippen LogP contribution in [0.1, 0.15) is 80.4 Å². The molecular weight excluding hydrogens is 842 g/mol. The smallest absolute Gasteiger partial charge is 0.416 e. The second-order valence-corrected chi connectivity index (χ2v) is 16.6. The predicted octanol–water partition coefficient (Wildman–Crippen LogP) is 9.11. The highest BCUT2D eigenvalue weighted by molar-refractivity contribution is 5.91. The van der Waals surface area contributed by atoms with E-state index in [9.17, 15) is 32.3 Å². The number of methoxy groups -OCH3 is 2. The van der Waals surface area contributed by atoms with Gasteiger partial charge in [0.15, 0.2) is 0 Å². The molecule has 0 spiro atoms. The van der Waals surface area contributed by atoms with E-state index < -0.39 is 48.0 Å². The fourth-order valence-electron chi connectivity index (χ4n) is 8.77. The molecule has 4 aromatic carbocycles. The topological polar surface area (TPSA) is 175 Å². The van der Waals surface area contributed by atoms with Crippen molar-refractivity contribution in [2.45, 2.75) is 69.9 Å². The summed E-state index contributed by atoms with van der Waals surface area (Å²) in [4.78, 5) is 71.3. The van der Waals surface area contributed by atoms with E-state index in [1.54, 1.807) is 17.3 Å². The van der Waals surface area contributed by atoms with E-state index in [0.717, 1.165) is 76.5 Å². The van der Waals surface area contributed by atoms with E-state index in [2.05, 4.69) is 55.9 Å². The number of rotatable bonds is 11. The number of aromatic nitrogens is 4. The van der Waals surface area contributed by atoms with Gasteiger partial charge in [-0.3, -0.25) is 9.59 Å². The van der Waals surface area contributed by atoms with Crippen molar-refractivity contribution < 1.29 is 41.8 Å². The fraction of sp³-hybridized carbons (Fsp3) is 0.333. The molecule has 4 amide bonds. The van der Waals surface area contributed by atoms with Crippen LogP contribution < -0.4 is 10.6 Å². The summed E-state index contributed by atoms with van der Waals surface area (Å²) in [5, 5.41) is 7.20. The first-order chi connectivity index (χ1) is 31.2. The Morgan fingerprint density at radius 2 is 1.20 bits per heavy atom. The monoisotopic (exact) mass is 890 g/mol. The highest BCUT2D eigenvalue weighted by atomic mass is 19.4. The first-order valence-electron chi connectivity index (χ1n) is 21.4. The molecule has 65 heavy (non-hydrogen) atoms. The molecule has 17 heteroatoms. The number of fused-ring (bicyclic) bond motifs is 1. The van der Waals surface area contributed by atoms with Crippen LogP contribution in [0.25, 0.3) is 44.4 Å². The third-order valence-electron chi connectivity index (χ3n) is 12.2. The normalized spacial score (nSPS) is 17.3. The maximum Gasteiger partial charge on any atom is 0.416 e. The van der Waals surface area contributed by atoms with Gasteiger partial charge in [-0.1, -0.05) is 74.5 Å². The Balaban J connectivity index is 0.947. The summed E-state index contributed by atoms with van der Waals surface area (Å²) in [5.41, 5.74) is 4.45. The largest absolute Gasteiger partial charge is 0.453 e. The van der Waals surface area contributed by atoms with Crippen molar-refractivity contribution in [2.75, 3.05) is 27.3 Å². The molecule has 8 rings (SSSR count). The van der Waals surface area contributed by atoms with E-state index in [0.29, 0.717) is 37.6 Å². The lowest BCUT2D eigenvalue weighted by atomic mass is 9.98. The molecule has 2 aliphatic heterocycles. The third kappa shape index (κ3) is 9.40. The lowest BCUT2D eigenvalue weighted by Crippen LogP contribution is -2.51. The number of nitrogens with zero attached hydrogens (tertiary/aromatic N) is 4. The molecule has 4 heterocycles.